The summed E-state index contributed by atoms with van der Waals surface area (Å²) in [6, 6.07) is 18.0. The van der Waals surface area contributed by atoms with E-state index in [1.54, 1.807) is 36.4 Å². The Kier molecular flexibility index (Phi) is 3.89. The van der Waals surface area contributed by atoms with Gasteiger partial charge in [-0.15, -0.1) is 0 Å². The lowest BCUT2D eigenvalue weighted by molar-refractivity contribution is -0.123. The molecule has 0 fully saturated rings. The van der Waals surface area contributed by atoms with Gasteiger partial charge in [-0.1, -0.05) is 36.4 Å². The number of benzene rings is 2. The van der Waals surface area contributed by atoms with Gasteiger partial charge in [-0.05, 0) is 24.3 Å². The zero-order valence-electron chi connectivity index (χ0n) is 13.7. The summed E-state index contributed by atoms with van der Waals surface area (Å²) >= 11 is 0. The third-order valence-electron chi connectivity index (χ3n) is 4.30. The molecule has 2 amide bonds. The Morgan fingerprint density at radius 1 is 1.00 bits per heavy atom. The molecule has 0 aliphatic carbocycles. The maximum Gasteiger partial charge on any atom is 0.270 e. The van der Waals surface area contributed by atoms with Crippen molar-refractivity contribution in [2.45, 2.75) is 12.3 Å². The van der Waals surface area contributed by atoms with Crippen LogP contribution >= 0.6 is 0 Å². The van der Waals surface area contributed by atoms with Crippen molar-refractivity contribution >= 4 is 23.3 Å². The van der Waals surface area contributed by atoms with Gasteiger partial charge in [0, 0.05) is 12.1 Å². The highest BCUT2D eigenvalue weighted by molar-refractivity contribution is 6.04. The van der Waals surface area contributed by atoms with Crippen molar-refractivity contribution in [3.8, 4) is 5.69 Å². The maximum absolute atomic E-state index is 12.7. The highest BCUT2D eigenvalue weighted by Crippen LogP contribution is 2.32. The number of para-hydroxylation sites is 2. The van der Waals surface area contributed by atoms with E-state index in [9.17, 15) is 14.4 Å². The van der Waals surface area contributed by atoms with Crippen LogP contribution in [0.25, 0.3) is 5.69 Å². The number of anilines is 2. The van der Waals surface area contributed by atoms with Gasteiger partial charge in [-0.3, -0.25) is 19.5 Å². The molecule has 1 atom stereocenters. The fourth-order valence-electron chi connectivity index (χ4n) is 3.11. The SMILES string of the molecule is O=C1CC(C(=O)Nc2ccccc2)c2c(n(-c3ccccc3)[nH]c2=O)N1. The lowest BCUT2D eigenvalue weighted by Gasteiger charge is -2.22. The van der Waals surface area contributed by atoms with Crippen LogP contribution in [0, 0.1) is 0 Å². The fraction of sp³-hybridized carbons (Fsp3) is 0.105. The van der Waals surface area contributed by atoms with Gasteiger partial charge in [-0.25, -0.2) is 4.68 Å². The summed E-state index contributed by atoms with van der Waals surface area (Å²) in [5, 5.41) is 8.18. The monoisotopic (exact) mass is 348 g/mol. The first kappa shape index (κ1) is 15.9. The van der Waals surface area contributed by atoms with E-state index in [2.05, 4.69) is 15.7 Å². The topological polar surface area (TPSA) is 96.0 Å². The van der Waals surface area contributed by atoms with E-state index in [0.29, 0.717) is 17.2 Å². The largest absolute Gasteiger partial charge is 0.326 e. The molecule has 26 heavy (non-hydrogen) atoms. The van der Waals surface area contributed by atoms with E-state index in [-0.39, 0.29) is 23.8 Å². The minimum absolute atomic E-state index is 0.0758. The normalized spacial score (nSPS) is 15.8. The van der Waals surface area contributed by atoms with Crippen LogP contribution in [0.2, 0.25) is 0 Å². The summed E-state index contributed by atoms with van der Waals surface area (Å²) in [6.07, 6.45) is -0.0758. The van der Waals surface area contributed by atoms with Gasteiger partial charge in [0.1, 0.15) is 5.82 Å². The Morgan fingerprint density at radius 3 is 2.35 bits per heavy atom. The van der Waals surface area contributed by atoms with E-state index in [0.717, 1.165) is 0 Å². The summed E-state index contributed by atoms with van der Waals surface area (Å²) in [6.45, 7) is 0. The second-order valence-electron chi connectivity index (χ2n) is 6.03. The lowest BCUT2D eigenvalue weighted by atomic mass is 9.93. The Morgan fingerprint density at radius 2 is 1.65 bits per heavy atom. The molecule has 130 valence electrons. The zero-order valence-corrected chi connectivity index (χ0v) is 13.7. The number of carbonyl (C=O) groups is 2. The van der Waals surface area contributed by atoms with Crippen LogP contribution in [-0.4, -0.2) is 21.6 Å². The first-order valence-corrected chi connectivity index (χ1v) is 8.19. The molecule has 2 aromatic carbocycles. The van der Waals surface area contributed by atoms with Gasteiger partial charge in [0.25, 0.3) is 5.56 Å². The van der Waals surface area contributed by atoms with E-state index in [1.165, 1.54) is 4.68 Å². The molecule has 0 saturated carbocycles. The van der Waals surface area contributed by atoms with Gasteiger partial charge in [-0.2, -0.15) is 0 Å². The quantitative estimate of drug-likeness (QED) is 0.677. The summed E-state index contributed by atoms with van der Waals surface area (Å²) < 4.78 is 1.50. The molecule has 0 bridgehead atoms. The molecule has 1 unspecified atom stereocenters. The minimum atomic E-state index is -0.854. The number of hydrogen-bond acceptors (Lipinski definition) is 3. The number of aromatic nitrogens is 2. The summed E-state index contributed by atoms with van der Waals surface area (Å²) in [5.74, 6) is -1.24. The van der Waals surface area contributed by atoms with Gasteiger partial charge >= 0.3 is 0 Å². The number of aromatic amines is 1. The van der Waals surface area contributed by atoms with Crippen LogP contribution in [0.4, 0.5) is 11.5 Å². The number of nitrogens with zero attached hydrogens (tertiary/aromatic N) is 1. The Labute approximate surface area is 148 Å². The first-order chi connectivity index (χ1) is 12.6. The molecule has 3 aromatic rings. The average Bonchev–Trinajstić information content (AvgIpc) is 2.99. The standard InChI is InChI=1S/C19H16N4O3/c24-15-11-14(18(25)20-12-7-3-1-4-8-12)16-17(21-15)23(22-19(16)26)13-9-5-2-6-10-13/h1-10,14H,11H2,(H,20,25)(H,21,24)(H,22,26). The Bertz CT molecular complexity index is 1020. The van der Waals surface area contributed by atoms with E-state index in [4.69, 9.17) is 0 Å². The van der Waals surface area contributed by atoms with Gasteiger partial charge < -0.3 is 10.6 Å². The molecule has 1 aliphatic heterocycles. The van der Waals surface area contributed by atoms with E-state index < -0.39 is 11.5 Å². The molecule has 2 heterocycles. The van der Waals surface area contributed by atoms with E-state index in [1.807, 2.05) is 24.3 Å². The van der Waals surface area contributed by atoms with Crippen molar-refractivity contribution in [2.75, 3.05) is 10.6 Å². The van der Waals surface area contributed by atoms with Crippen LogP contribution in [0.15, 0.2) is 65.5 Å². The van der Waals surface area contributed by atoms with Crippen molar-refractivity contribution in [1.29, 1.82) is 0 Å². The van der Waals surface area contributed by atoms with Gasteiger partial charge in [0.05, 0.1) is 17.2 Å². The number of fused-ring (bicyclic) bond motifs is 1. The van der Waals surface area contributed by atoms with Gasteiger partial charge in [0.15, 0.2) is 0 Å². The number of hydrogen-bond donors (Lipinski definition) is 3. The number of nitrogens with one attached hydrogen (secondary N) is 3. The van der Waals surface area contributed by atoms with Crippen LogP contribution < -0.4 is 16.2 Å². The van der Waals surface area contributed by atoms with Crippen molar-refractivity contribution < 1.29 is 9.59 Å². The highest BCUT2D eigenvalue weighted by Gasteiger charge is 2.36. The maximum atomic E-state index is 12.7. The summed E-state index contributed by atoms with van der Waals surface area (Å²) in [5.41, 5.74) is 1.18. The Balaban J connectivity index is 1.74. The smallest absolute Gasteiger partial charge is 0.270 e. The summed E-state index contributed by atoms with van der Waals surface area (Å²) in [4.78, 5) is 37.4. The molecular weight excluding hydrogens is 332 g/mol. The molecular formula is C19H16N4O3. The first-order valence-electron chi connectivity index (χ1n) is 8.19. The van der Waals surface area contributed by atoms with Crippen molar-refractivity contribution in [2.24, 2.45) is 0 Å². The molecule has 0 radical (unpaired) electrons. The molecule has 0 saturated heterocycles. The van der Waals surface area contributed by atoms with Gasteiger partial charge in [0.2, 0.25) is 11.8 Å². The zero-order chi connectivity index (χ0) is 18.1. The second kappa shape index (κ2) is 6.36. The summed E-state index contributed by atoms with van der Waals surface area (Å²) in [7, 11) is 0. The lowest BCUT2D eigenvalue weighted by Crippen LogP contribution is -2.33. The molecule has 3 N–H and O–H groups in total. The van der Waals surface area contributed by atoms with Crippen LogP contribution in [0.3, 0.4) is 0 Å². The number of H-pyrrole nitrogens is 1. The highest BCUT2D eigenvalue weighted by atomic mass is 16.2. The van der Waals surface area contributed by atoms with Crippen LogP contribution in [-0.2, 0) is 9.59 Å². The number of carbonyl (C=O) groups excluding carboxylic acids is 2. The average molecular weight is 348 g/mol. The molecule has 7 heteroatoms. The minimum Gasteiger partial charge on any atom is -0.326 e. The van der Waals surface area contributed by atoms with E-state index >= 15 is 0 Å². The fourth-order valence-corrected chi connectivity index (χ4v) is 3.11. The number of rotatable bonds is 3. The molecule has 4 rings (SSSR count). The Hall–Kier alpha value is -3.61. The van der Waals surface area contributed by atoms with Crippen molar-refractivity contribution in [1.82, 2.24) is 9.78 Å². The predicted molar refractivity (Wildman–Crippen MR) is 97.4 cm³/mol. The predicted octanol–water partition coefficient (Wildman–Crippen LogP) is 2.23. The van der Waals surface area contributed by atoms with Crippen molar-refractivity contribution in [3.05, 3.63) is 76.6 Å². The second-order valence-corrected chi connectivity index (χ2v) is 6.03. The molecule has 7 nitrogen and oxygen atoms in total. The molecule has 1 aromatic heterocycles. The third-order valence-corrected chi connectivity index (χ3v) is 4.30. The van der Waals surface area contributed by atoms with Crippen LogP contribution in [0.5, 0.6) is 0 Å². The van der Waals surface area contributed by atoms with Crippen LogP contribution in [0.1, 0.15) is 17.9 Å². The van der Waals surface area contributed by atoms with Crippen molar-refractivity contribution in [3.63, 3.8) is 0 Å². The molecule has 0 spiro atoms. The third kappa shape index (κ3) is 2.79. The molecule has 1 aliphatic rings. The number of amides is 2.